The Bertz CT molecular complexity index is 613. The summed E-state index contributed by atoms with van der Waals surface area (Å²) in [6.07, 6.45) is 0.791. The number of aromatic nitrogens is 1. The molecule has 106 valence electrons. The Morgan fingerprint density at radius 2 is 2.05 bits per heavy atom. The lowest BCUT2D eigenvalue weighted by Gasteiger charge is -2.27. The van der Waals surface area contributed by atoms with Crippen molar-refractivity contribution in [1.82, 2.24) is 9.88 Å². The molecular formula is C16H21N3O. The van der Waals surface area contributed by atoms with E-state index in [4.69, 9.17) is 4.98 Å². The number of anilines is 1. The van der Waals surface area contributed by atoms with Crippen LogP contribution < -0.4 is 4.90 Å². The third-order valence-corrected chi connectivity index (χ3v) is 3.85. The fourth-order valence-corrected chi connectivity index (χ4v) is 3.00. The van der Waals surface area contributed by atoms with Crippen molar-refractivity contribution in [3.63, 3.8) is 0 Å². The molecule has 0 spiro atoms. The zero-order valence-corrected chi connectivity index (χ0v) is 12.1. The van der Waals surface area contributed by atoms with Gasteiger partial charge in [-0.05, 0) is 38.7 Å². The van der Waals surface area contributed by atoms with E-state index < -0.39 is 5.60 Å². The number of para-hydroxylation sites is 1. The highest BCUT2D eigenvalue weighted by Gasteiger charge is 2.36. The summed E-state index contributed by atoms with van der Waals surface area (Å²) < 4.78 is 0. The summed E-state index contributed by atoms with van der Waals surface area (Å²) in [5, 5.41) is 11.7. The summed E-state index contributed by atoms with van der Waals surface area (Å²) in [4.78, 5) is 8.92. The third-order valence-electron chi connectivity index (χ3n) is 3.85. The van der Waals surface area contributed by atoms with Crippen molar-refractivity contribution in [2.75, 3.05) is 38.6 Å². The van der Waals surface area contributed by atoms with Crippen molar-refractivity contribution < 1.29 is 5.11 Å². The van der Waals surface area contributed by atoms with Gasteiger partial charge in [-0.2, -0.15) is 0 Å². The fraction of sp³-hybridized carbons (Fsp3) is 0.438. The van der Waals surface area contributed by atoms with E-state index >= 15 is 0 Å². The highest BCUT2D eigenvalue weighted by Crippen LogP contribution is 2.27. The smallest absolute Gasteiger partial charge is 0.129 e. The van der Waals surface area contributed by atoms with Gasteiger partial charge in [-0.25, -0.2) is 4.98 Å². The molecule has 0 amide bonds. The van der Waals surface area contributed by atoms with Gasteiger partial charge in [0.05, 0.1) is 11.1 Å². The molecule has 2 aromatic rings. The Labute approximate surface area is 119 Å². The van der Waals surface area contributed by atoms with Crippen molar-refractivity contribution in [1.29, 1.82) is 0 Å². The standard InChI is InChI=1S/C16H21N3O/c1-18(2)11-16(20)9-10-19(12-16)15-8-7-13-5-3-4-6-14(13)17-15/h3-8,20H,9-12H2,1-2H3. The van der Waals surface area contributed by atoms with Gasteiger partial charge >= 0.3 is 0 Å². The molecule has 1 N–H and O–H groups in total. The van der Waals surface area contributed by atoms with Crippen LogP contribution in [0.3, 0.4) is 0 Å². The van der Waals surface area contributed by atoms with E-state index in [2.05, 4.69) is 17.0 Å². The van der Waals surface area contributed by atoms with E-state index in [0.29, 0.717) is 13.1 Å². The summed E-state index contributed by atoms with van der Waals surface area (Å²) in [7, 11) is 3.99. The minimum atomic E-state index is -0.628. The molecular weight excluding hydrogens is 250 g/mol. The first-order valence-corrected chi connectivity index (χ1v) is 7.04. The highest BCUT2D eigenvalue weighted by molar-refractivity contribution is 5.80. The fourth-order valence-electron chi connectivity index (χ4n) is 3.00. The first-order chi connectivity index (χ1) is 9.56. The van der Waals surface area contributed by atoms with Crippen LogP contribution in [0.1, 0.15) is 6.42 Å². The van der Waals surface area contributed by atoms with Crippen LogP contribution in [0.2, 0.25) is 0 Å². The first-order valence-electron chi connectivity index (χ1n) is 7.04. The molecule has 3 rings (SSSR count). The lowest BCUT2D eigenvalue weighted by Crippen LogP contribution is -2.42. The van der Waals surface area contributed by atoms with Gasteiger partial charge in [-0.15, -0.1) is 0 Å². The van der Waals surface area contributed by atoms with Crippen LogP contribution in [0.5, 0.6) is 0 Å². The lowest BCUT2D eigenvalue weighted by molar-refractivity contribution is 0.0365. The van der Waals surface area contributed by atoms with Crippen LogP contribution in [0.15, 0.2) is 36.4 Å². The molecule has 1 fully saturated rings. The van der Waals surface area contributed by atoms with Gasteiger partial charge in [0.1, 0.15) is 5.82 Å². The van der Waals surface area contributed by atoms with Crippen LogP contribution in [-0.2, 0) is 0 Å². The molecule has 20 heavy (non-hydrogen) atoms. The first kappa shape index (κ1) is 13.3. The predicted octanol–water partition coefficient (Wildman–Crippen LogP) is 1.74. The quantitative estimate of drug-likeness (QED) is 0.923. The summed E-state index contributed by atoms with van der Waals surface area (Å²) in [5.41, 5.74) is 0.379. The molecule has 0 bridgehead atoms. The average Bonchev–Trinajstić information content (AvgIpc) is 2.79. The van der Waals surface area contributed by atoms with E-state index in [0.717, 1.165) is 29.7 Å². The number of fused-ring (bicyclic) bond motifs is 1. The summed E-state index contributed by atoms with van der Waals surface area (Å²) in [6, 6.07) is 12.3. The maximum atomic E-state index is 10.6. The number of nitrogens with zero attached hydrogens (tertiary/aromatic N) is 3. The van der Waals surface area contributed by atoms with Crippen molar-refractivity contribution in [2.24, 2.45) is 0 Å². The zero-order chi connectivity index (χ0) is 14.2. The van der Waals surface area contributed by atoms with E-state index in [9.17, 15) is 5.11 Å². The van der Waals surface area contributed by atoms with Crippen molar-refractivity contribution in [2.45, 2.75) is 12.0 Å². The minimum Gasteiger partial charge on any atom is -0.387 e. The number of pyridine rings is 1. The van der Waals surface area contributed by atoms with E-state index in [-0.39, 0.29) is 0 Å². The van der Waals surface area contributed by atoms with Crippen LogP contribution in [0.25, 0.3) is 10.9 Å². The minimum absolute atomic E-state index is 0.628. The molecule has 4 nitrogen and oxygen atoms in total. The zero-order valence-electron chi connectivity index (χ0n) is 12.1. The second-order valence-electron chi connectivity index (χ2n) is 6.00. The van der Waals surface area contributed by atoms with Gasteiger partial charge in [0.2, 0.25) is 0 Å². The van der Waals surface area contributed by atoms with Gasteiger partial charge in [0, 0.05) is 25.0 Å². The van der Waals surface area contributed by atoms with Gasteiger partial charge in [0.15, 0.2) is 0 Å². The van der Waals surface area contributed by atoms with Crippen molar-refractivity contribution in [3.05, 3.63) is 36.4 Å². The van der Waals surface area contributed by atoms with Crippen molar-refractivity contribution >= 4 is 16.7 Å². The van der Waals surface area contributed by atoms with Gasteiger partial charge < -0.3 is 14.9 Å². The number of likely N-dealkylation sites (N-methyl/N-ethyl adjacent to an activating group) is 1. The number of rotatable bonds is 3. The topological polar surface area (TPSA) is 39.6 Å². The maximum Gasteiger partial charge on any atom is 0.129 e. The lowest BCUT2D eigenvalue weighted by atomic mass is 10.0. The van der Waals surface area contributed by atoms with Gasteiger partial charge in [-0.1, -0.05) is 18.2 Å². The second kappa shape index (κ2) is 5.04. The number of hydrogen-bond acceptors (Lipinski definition) is 4. The molecule has 0 aliphatic carbocycles. The van der Waals surface area contributed by atoms with E-state index in [1.54, 1.807) is 0 Å². The molecule has 1 saturated heterocycles. The van der Waals surface area contributed by atoms with E-state index in [1.165, 1.54) is 0 Å². The molecule has 1 aliphatic heterocycles. The highest BCUT2D eigenvalue weighted by atomic mass is 16.3. The summed E-state index contributed by atoms with van der Waals surface area (Å²) in [6.45, 7) is 2.20. The molecule has 2 heterocycles. The van der Waals surface area contributed by atoms with Gasteiger partial charge in [-0.3, -0.25) is 0 Å². The number of β-amino-alcohol motifs (C(OH)–C–C–N with tert-alkyl or cyclic N) is 1. The summed E-state index contributed by atoms with van der Waals surface area (Å²) >= 11 is 0. The SMILES string of the molecule is CN(C)CC1(O)CCN(c2ccc3ccccc3n2)C1. The molecule has 1 aromatic carbocycles. The Kier molecular flexibility index (Phi) is 3.36. The molecule has 4 heteroatoms. The van der Waals surface area contributed by atoms with Crippen molar-refractivity contribution in [3.8, 4) is 0 Å². The predicted molar refractivity (Wildman–Crippen MR) is 82.1 cm³/mol. The molecule has 1 aromatic heterocycles. The Balaban J connectivity index is 1.82. The van der Waals surface area contributed by atoms with Crippen LogP contribution in [0.4, 0.5) is 5.82 Å². The number of aliphatic hydroxyl groups is 1. The second-order valence-corrected chi connectivity index (χ2v) is 6.00. The molecule has 0 radical (unpaired) electrons. The van der Waals surface area contributed by atoms with Crippen LogP contribution in [-0.4, -0.2) is 54.3 Å². The van der Waals surface area contributed by atoms with Crippen LogP contribution in [0, 0.1) is 0 Å². The third kappa shape index (κ3) is 2.62. The molecule has 1 atom stereocenters. The molecule has 1 aliphatic rings. The average molecular weight is 271 g/mol. The Morgan fingerprint density at radius 3 is 2.85 bits per heavy atom. The number of hydrogen-bond donors (Lipinski definition) is 1. The number of benzene rings is 1. The Hall–Kier alpha value is -1.65. The largest absolute Gasteiger partial charge is 0.387 e. The monoisotopic (exact) mass is 271 g/mol. The molecule has 1 unspecified atom stereocenters. The Morgan fingerprint density at radius 1 is 1.25 bits per heavy atom. The maximum absolute atomic E-state index is 10.6. The summed E-state index contributed by atoms with van der Waals surface area (Å²) in [5.74, 6) is 0.957. The van der Waals surface area contributed by atoms with Crippen LogP contribution >= 0.6 is 0 Å². The van der Waals surface area contributed by atoms with Gasteiger partial charge in [0.25, 0.3) is 0 Å². The normalized spacial score (nSPS) is 22.9. The van der Waals surface area contributed by atoms with E-state index in [1.807, 2.05) is 43.3 Å². The molecule has 0 saturated carbocycles.